The van der Waals surface area contributed by atoms with E-state index in [0.717, 1.165) is 0 Å². The van der Waals surface area contributed by atoms with Gasteiger partial charge < -0.3 is 15.4 Å². The zero-order valence-electron chi connectivity index (χ0n) is 6.28. The summed E-state index contributed by atoms with van der Waals surface area (Å²) >= 11 is 0. The van der Waals surface area contributed by atoms with Gasteiger partial charge in [0.1, 0.15) is 0 Å². The van der Waals surface area contributed by atoms with Crippen LogP contribution in [0.2, 0.25) is 0 Å². The Morgan fingerprint density at radius 1 is 1.40 bits per heavy atom. The first-order valence-corrected chi connectivity index (χ1v) is 3.32. The molecule has 2 atom stereocenters. The van der Waals surface area contributed by atoms with Gasteiger partial charge in [0.25, 0.3) is 0 Å². The van der Waals surface area contributed by atoms with Gasteiger partial charge in [-0.15, -0.1) is 0 Å². The van der Waals surface area contributed by atoms with E-state index in [1.165, 1.54) is 0 Å². The first-order chi connectivity index (χ1) is 4.63. The average molecular weight is 149 g/mol. The molecule has 0 bridgehead atoms. The van der Waals surface area contributed by atoms with Gasteiger partial charge in [0.05, 0.1) is 18.8 Å². The summed E-state index contributed by atoms with van der Waals surface area (Å²) in [7, 11) is 0. The van der Waals surface area contributed by atoms with Crippen LogP contribution in [0.4, 0.5) is 0 Å². The van der Waals surface area contributed by atoms with E-state index < -0.39 is 12.1 Å². The summed E-state index contributed by atoms with van der Waals surface area (Å²) in [6.45, 7) is 3.34. The van der Waals surface area contributed by atoms with Crippen molar-refractivity contribution in [2.45, 2.75) is 26.0 Å². The minimum absolute atomic E-state index is 0.0900. The van der Waals surface area contributed by atoms with E-state index in [4.69, 9.17) is 15.4 Å². The first-order valence-electron chi connectivity index (χ1n) is 3.32. The minimum Gasteiger partial charge on any atom is -0.394 e. The second-order valence-electron chi connectivity index (χ2n) is 2.65. The molecule has 0 spiro atoms. The van der Waals surface area contributed by atoms with Crippen LogP contribution < -0.4 is 5.48 Å². The number of hydrogen-bond acceptors (Lipinski definition) is 4. The molecule has 2 unspecified atom stereocenters. The predicted octanol–water partition coefficient (Wildman–Crippen LogP) is -0.657. The molecule has 0 saturated carbocycles. The number of aliphatic hydroxyl groups excluding tert-OH is 2. The molecule has 4 N–H and O–H groups in total. The Morgan fingerprint density at radius 3 is 2.00 bits per heavy atom. The van der Waals surface area contributed by atoms with Crippen molar-refractivity contribution in [2.24, 2.45) is 5.92 Å². The molecule has 0 saturated heterocycles. The van der Waals surface area contributed by atoms with Gasteiger partial charge in [0.15, 0.2) is 0 Å². The van der Waals surface area contributed by atoms with Crippen molar-refractivity contribution in [3.63, 3.8) is 0 Å². The number of nitrogens with one attached hydrogen (secondary N) is 1. The summed E-state index contributed by atoms with van der Waals surface area (Å²) in [5, 5.41) is 26.0. The Labute approximate surface area is 60.5 Å². The summed E-state index contributed by atoms with van der Waals surface area (Å²) in [5.41, 5.74) is 1.94. The summed E-state index contributed by atoms with van der Waals surface area (Å²) < 4.78 is 0. The Hall–Kier alpha value is -0.160. The summed E-state index contributed by atoms with van der Waals surface area (Å²) in [6, 6.07) is -0.454. The smallest absolute Gasteiger partial charge is 0.0948 e. The number of aliphatic hydroxyl groups is 2. The molecule has 0 radical (unpaired) electrons. The van der Waals surface area contributed by atoms with Gasteiger partial charge in [0, 0.05) is 0 Å². The van der Waals surface area contributed by atoms with E-state index in [-0.39, 0.29) is 12.5 Å². The highest BCUT2D eigenvalue weighted by atomic mass is 16.5. The van der Waals surface area contributed by atoms with Crippen molar-refractivity contribution >= 4 is 0 Å². The van der Waals surface area contributed by atoms with Gasteiger partial charge in [0.2, 0.25) is 0 Å². The Balaban J connectivity index is 3.80. The van der Waals surface area contributed by atoms with Crippen molar-refractivity contribution in [3.05, 3.63) is 0 Å². The highest BCUT2D eigenvalue weighted by Gasteiger charge is 2.20. The SMILES string of the molecule is CC(C)C(NO)C(O)CO. The molecule has 62 valence electrons. The highest BCUT2D eigenvalue weighted by Crippen LogP contribution is 2.04. The van der Waals surface area contributed by atoms with E-state index in [9.17, 15) is 0 Å². The summed E-state index contributed by atoms with van der Waals surface area (Å²) in [5.74, 6) is 0.0900. The van der Waals surface area contributed by atoms with Crippen LogP contribution in [-0.4, -0.2) is 34.2 Å². The van der Waals surface area contributed by atoms with Gasteiger partial charge in [-0.25, -0.2) is 0 Å². The quantitative estimate of drug-likeness (QED) is 0.400. The molecule has 10 heavy (non-hydrogen) atoms. The second-order valence-corrected chi connectivity index (χ2v) is 2.65. The average Bonchev–Trinajstić information content (AvgIpc) is 1.88. The molecule has 0 aliphatic rings. The molecule has 0 amide bonds. The largest absolute Gasteiger partial charge is 0.394 e. The molecule has 4 nitrogen and oxygen atoms in total. The van der Waals surface area contributed by atoms with E-state index in [0.29, 0.717) is 0 Å². The van der Waals surface area contributed by atoms with Crippen molar-refractivity contribution in [1.82, 2.24) is 5.48 Å². The molecule has 0 fully saturated rings. The third kappa shape index (κ3) is 2.62. The predicted molar refractivity (Wildman–Crippen MR) is 36.6 cm³/mol. The molecular formula is C6H15NO3. The Kier molecular flexibility index (Phi) is 4.55. The third-order valence-electron chi connectivity index (χ3n) is 1.47. The molecule has 0 rings (SSSR count). The molecule has 0 aliphatic heterocycles. The topological polar surface area (TPSA) is 72.7 Å². The lowest BCUT2D eigenvalue weighted by molar-refractivity contribution is -0.00804. The Morgan fingerprint density at radius 2 is 1.90 bits per heavy atom. The number of rotatable bonds is 4. The normalized spacial score (nSPS) is 17.4. The number of hydrogen-bond donors (Lipinski definition) is 4. The Bertz CT molecular complexity index is 87.1. The van der Waals surface area contributed by atoms with Crippen LogP contribution in [0.3, 0.4) is 0 Å². The van der Waals surface area contributed by atoms with Gasteiger partial charge in [-0.3, -0.25) is 0 Å². The zero-order valence-corrected chi connectivity index (χ0v) is 6.28. The maximum Gasteiger partial charge on any atom is 0.0948 e. The summed E-state index contributed by atoms with van der Waals surface area (Å²) in [4.78, 5) is 0. The molecule has 0 aromatic rings. The van der Waals surface area contributed by atoms with E-state index >= 15 is 0 Å². The number of hydroxylamine groups is 1. The lowest BCUT2D eigenvalue weighted by Gasteiger charge is -2.22. The summed E-state index contributed by atoms with van der Waals surface area (Å²) in [6.07, 6.45) is -0.898. The lowest BCUT2D eigenvalue weighted by Crippen LogP contribution is -2.43. The van der Waals surface area contributed by atoms with Gasteiger partial charge >= 0.3 is 0 Å². The molecule has 0 aromatic heterocycles. The highest BCUT2D eigenvalue weighted by molar-refractivity contribution is 4.74. The molecule has 4 heteroatoms. The van der Waals surface area contributed by atoms with E-state index in [1.54, 1.807) is 0 Å². The molecular weight excluding hydrogens is 134 g/mol. The third-order valence-corrected chi connectivity index (χ3v) is 1.47. The first kappa shape index (κ1) is 9.84. The van der Waals surface area contributed by atoms with E-state index in [1.807, 2.05) is 19.3 Å². The monoisotopic (exact) mass is 149 g/mol. The van der Waals surface area contributed by atoms with E-state index in [2.05, 4.69) is 0 Å². The molecule has 0 aliphatic carbocycles. The van der Waals surface area contributed by atoms with Crippen LogP contribution in [0.1, 0.15) is 13.8 Å². The maximum absolute atomic E-state index is 9.02. The maximum atomic E-state index is 9.02. The van der Waals surface area contributed by atoms with Gasteiger partial charge in [-0.05, 0) is 5.92 Å². The molecule has 0 heterocycles. The van der Waals surface area contributed by atoms with Crippen molar-refractivity contribution < 1.29 is 15.4 Å². The van der Waals surface area contributed by atoms with Crippen molar-refractivity contribution in [2.75, 3.05) is 6.61 Å². The van der Waals surface area contributed by atoms with Crippen LogP contribution in [-0.2, 0) is 0 Å². The second kappa shape index (κ2) is 4.62. The van der Waals surface area contributed by atoms with Gasteiger partial charge in [-0.1, -0.05) is 13.8 Å². The lowest BCUT2D eigenvalue weighted by atomic mass is 10.0. The molecule has 0 aromatic carbocycles. The fourth-order valence-corrected chi connectivity index (χ4v) is 0.793. The van der Waals surface area contributed by atoms with Crippen LogP contribution in [0, 0.1) is 5.92 Å². The zero-order chi connectivity index (χ0) is 8.15. The standard InChI is InChI=1S/C6H15NO3/c1-4(2)6(7-10)5(9)3-8/h4-10H,3H2,1-2H3. The minimum atomic E-state index is -0.898. The van der Waals surface area contributed by atoms with Crippen molar-refractivity contribution in [3.8, 4) is 0 Å². The van der Waals surface area contributed by atoms with Crippen LogP contribution in [0.25, 0.3) is 0 Å². The van der Waals surface area contributed by atoms with Gasteiger partial charge in [-0.2, -0.15) is 5.48 Å². The fraction of sp³-hybridized carbons (Fsp3) is 1.00. The van der Waals surface area contributed by atoms with Crippen molar-refractivity contribution in [1.29, 1.82) is 0 Å². The van der Waals surface area contributed by atoms with Crippen LogP contribution >= 0.6 is 0 Å². The van der Waals surface area contributed by atoms with Crippen LogP contribution in [0.5, 0.6) is 0 Å². The fourth-order valence-electron chi connectivity index (χ4n) is 0.793. The van der Waals surface area contributed by atoms with Crippen LogP contribution in [0.15, 0.2) is 0 Å².